The minimum Gasteiger partial charge on any atom is -0.388 e. The smallest absolute Gasteiger partial charge is 0.243 e. The van der Waals surface area contributed by atoms with Gasteiger partial charge in [-0.1, -0.05) is 19.1 Å². The summed E-state index contributed by atoms with van der Waals surface area (Å²) in [5.41, 5.74) is 0.602. The van der Waals surface area contributed by atoms with Crippen LogP contribution in [0.5, 0.6) is 0 Å². The maximum absolute atomic E-state index is 12.5. The zero-order valence-corrected chi connectivity index (χ0v) is 12.8. The minimum atomic E-state index is -3.62. The number of aliphatic hydroxyl groups is 1. The van der Waals surface area contributed by atoms with E-state index in [1.54, 1.807) is 24.5 Å². The van der Waals surface area contributed by atoms with E-state index >= 15 is 0 Å². The predicted octanol–water partition coefficient (Wildman–Crippen LogP) is 1.67. The first-order valence-electron chi connectivity index (χ1n) is 6.67. The highest BCUT2D eigenvalue weighted by Crippen LogP contribution is 2.22. The summed E-state index contributed by atoms with van der Waals surface area (Å²) < 4.78 is 26.3. The molecule has 2 aromatic rings. The number of hydrogen-bond donors (Lipinski definition) is 2. The number of imidazole rings is 1. The lowest BCUT2D eigenvalue weighted by Gasteiger charge is -2.17. The second-order valence-electron chi connectivity index (χ2n) is 4.79. The number of hydrogen-bond acceptors (Lipinski definition) is 4. The van der Waals surface area contributed by atoms with Gasteiger partial charge < -0.3 is 10.1 Å². The van der Waals surface area contributed by atoms with Crippen molar-refractivity contribution >= 4 is 10.0 Å². The number of aromatic amines is 1. The lowest BCUT2D eigenvalue weighted by Crippen LogP contribution is -2.27. The van der Waals surface area contributed by atoms with Gasteiger partial charge in [-0.25, -0.2) is 13.4 Å². The van der Waals surface area contributed by atoms with Gasteiger partial charge in [0.1, 0.15) is 5.82 Å². The molecule has 1 atom stereocenters. The summed E-state index contributed by atoms with van der Waals surface area (Å²) in [4.78, 5) is 7.06. The largest absolute Gasteiger partial charge is 0.388 e. The molecule has 0 bridgehead atoms. The van der Waals surface area contributed by atoms with Gasteiger partial charge >= 0.3 is 0 Å². The third-order valence-corrected chi connectivity index (χ3v) is 5.06. The first-order chi connectivity index (χ1) is 9.95. The van der Waals surface area contributed by atoms with Crippen LogP contribution in [0, 0.1) is 0 Å². The number of aromatic nitrogens is 2. The van der Waals surface area contributed by atoms with Gasteiger partial charge in [-0.2, -0.15) is 4.31 Å². The van der Waals surface area contributed by atoms with E-state index < -0.39 is 16.1 Å². The van der Waals surface area contributed by atoms with E-state index in [0.717, 1.165) is 0 Å². The summed E-state index contributed by atoms with van der Waals surface area (Å²) in [6, 6.07) is 6.41. The van der Waals surface area contributed by atoms with Crippen LogP contribution in [0.25, 0.3) is 0 Å². The van der Waals surface area contributed by atoms with Gasteiger partial charge in [0.25, 0.3) is 0 Å². The highest BCUT2D eigenvalue weighted by atomic mass is 32.2. The number of sulfonamides is 1. The molecule has 1 unspecified atom stereocenters. The van der Waals surface area contributed by atoms with Gasteiger partial charge in [-0.05, 0) is 24.1 Å². The number of nitrogens with one attached hydrogen (secondary N) is 1. The molecule has 0 aliphatic carbocycles. The third kappa shape index (κ3) is 3.49. The molecule has 21 heavy (non-hydrogen) atoms. The average Bonchev–Trinajstić information content (AvgIpc) is 2.99. The number of benzene rings is 1. The highest BCUT2D eigenvalue weighted by Gasteiger charge is 2.22. The molecule has 0 aliphatic rings. The first-order valence-corrected chi connectivity index (χ1v) is 8.11. The molecule has 0 radical (unpaired) electrons. The monoisotopic (exact) mass is 309 g/mol. The van der Waals surface area contributed by atoms with Crippen LogP contribution in [0.2, 0.25) is 0 Å². The Balaban J connectivity index is 2.26. The first kappa shape index (κ1) is 15.7. The molecular formula is C14H19N3O3S. The fourth-order valence-corrected chi connectivity index (χ4v) is 3.17. The summed E-state index contributed by atoms with van der Waals surface area (Å²) in [5.74, 6) is 0.575. The molecule has 0 saturated heterocycles. The normalized spacial score (nSPS) is 13.5. The summed E-state index contributed by atoms with van der Waals surface area (Å²) >= 11 is 0. The van der Waals surface area contributed by atoms with E-state index in [0.29, 0.717) is 17.8 Å². The van der Waals surface area contributed by atoms with Crippen LogP contribution in [0.3, 0.4) is 0 Å². The molecule has 2 rings (SSSR count). The zero-order chi connectivity index (χ0) is 15.5. The Morgan fingerprint density at radius 3 is 2.81 bits per heavy atom. The predicted molar refractivity (Wildman–Crippen MR) is 78.9 cm³/mol. The van der Waals surface area contributed by atoms with E-state index in [1.165, 1.54) is 23.5 Å². The molecule has 0 spiro atoms. The Morgan fingerprint density at radius 2 is 2.19 bits per heavy atom. The number of rotatable bonds is 6. The number of aliphatic hydroxyl groups excluding tert-OH is 1. The van der Waals surface area contributed by atoms with Crippen molar-refractivity contribution in [2.45, 2.75) is 30.9 Å². The number of H-pyrrole nitrogens is 1. The second kappa shape index (κ2) is 6.38. The van der Waals surface area contributed by atoms with Crippen LogP contribution in [-0.4, -0.2) is 34.8 Å². The zero-order valence-electron chi connectivity index (χ0n) is 12.0. The van der Waals surface area contributed by atoms with E-state index in [2.05, 4.69) is 9.97 Å². The summed E-state index contributed by atoms with van der Waals surface area (Å²) in [7, 11) is -2.12. The number of nitrogens with zero attached hydrogens (tertiary/aromatic N) is 2. The highest BCUT2D eigenvalue weighted by molar-refractivity contribution is 7.89. The molecule has 6 nitrogen and oxygen atoms in total. The van der Waals surface area contributed by atoms with Gasteiger partial charge in [0.05, 0.1) is 17.5 Å². The summed E-state index contributed by atoms with van der Waals surface area (Å²) in [6.07, 6.45) is 3.10. The van der Waals surface area contributed by atoms with Crippen molar-refractivity contribution in [3.8, 4) is 0 Å². The van der Waals surface area contributed by atoms with Crippen molar-refractivity contribution in [1.82, 2.24) is 14.3 Å². The molecule has 0 fully saturated rings. The Hall–Kier alpha value is -1.70. The van der Waals surface area contributed by atoms with Crippen molar-refractivity contribution < 1.29 is 13.5 Å². The Morgan fingerprint density at radius 1 is 1.43 bits per heavy atom. The van der Waals surface area contributed by atoms with Crippen molar-refractivity contribution in [2.24, 2.45) is 0 Å². The van der Waals surface area contributed by atoms with E-state index in [4.69, 9.17) is 0 Å². The maximum Gasteiger partial charge on any atom is 0.243 e. The standard InChI is InChI=1S/C14H19N3O3S/c1-3-13(18)11-5-4-6-12(9-11)21(19,20)17(2)10-14-15-7-8-16-14/h4-9,13,18H,3,10H2,1-2H3,(H,15,16). The van der Waals surface area contributed by atoms with Gasteiger partial charge in [-0.3, -0.25) is 0 Å². The van der Waals surface area contributed by atoms with Gasteiger partial charge in [-0.15, -0.1) is 0 Å². The molecule has 1 aromatic heterocycles. The van der Waals surface area contributed by atoms with Crippen LogP contribution in [-0.2, 0) is 16.6 Å². The third-order valence-electron chi connectivity index (χ3n) is 3.27. The van der Waals surface area contributed by atoms with Crippen LogP contribution < -0.4 is 0 Å². The molecule has 0 aliphatic heterocycles. The molecule has 0 saturated carbocycles. The molecule has 1 aromatic carbocycles. The molecule has 0 amide bonds. The summed E-state index contributed by atoms with van der Waals surface area (Å²) in [5, 5.41) is 9.84. The lowest BCUT2D eigenvalue weighted by molar-refractivity contribution is 0.173. The maximum atomic E-state index is 12.5. The second-order valence-corrected chi connectivity index (χ2v) is 6.84. The van der Waals surface area contributed by atoms with E-state index in [9.17, 15) is 13.5 Å². The minimum absolute atomic E-state index is 0.163. The van der Waals surface area contributed by atoms with Crippen LogP contribution in [0.4, 0.5) is 0 Å². The SMILES string of the molecule is CCC(O)c1cccc(S(=O)(=O)N(C)Cc2ncc[nH]2)c1. The molecule has 7 heteroatoms. The van der Waals surface area contributed by atoms with E-state index in [1.807, 2.05) is 6.92 Å². The van der Waals surface area contributed by atoms with Crippen LogP contribution >= 0.6 is 0 Å². The Bertz CT molecular complexity index is 683. The van der Waals surface area contributed by atoms with Crippen molar-refractivity contribution in [1.29, 1.82) is 0 Å². The van der Waals surface area contributed by atoms with Crippen LogP contribution in [0.1, 0.15) is 30.8 Å². The van der Waals surface area contributed by atoms with Gasteiger partial charge in [0.2, 0.25) is 10.0 Å². The Kier molecular flexibility index (Phi) is 4.76. The van der Waals surface area contributed by atoms with Gasteiger partial charge in [0, 0.05) is 19.4 Å². The molecule has 1 heterocycles. The molecule has 2 N–H and O–H groups in total. The quantitative estimate of drug-likeness (QED) is 0.850. The lowest BCUT2D eigenvalue weighted by atomic mass is 10.1. The fourth-order valence-electron chi connectivity index (χ4n) is 1.98. The molecule has 114 valence electrons. The topological polar surface area (TPSA) is 86.3 Å². The van der Waals surface area contributed by atoms with Gasteiger partial charge in [0.15, 0.2) is 0 Å². The van der Waals surface area contributed by atoms with Crippen molar-refractivity contribution in [2.75, 3.05) is 7.05 Å². The van der Waals surface area contributed by atoms with E-state index in [-0.39, 0.29) is 11.4 Å². The Labute approximate surface area is 124 Å². The average molecular weight is 309 g/mol. The van der Waals surface area contributed by atoms with Crippen molar-refractivity contribution in [3.05, 3.63) is 48.0 Å². The summed E-state index contributed by atoms with van der Waals surface area (Å²) in [6.45, 7) is 2.00. The van der Waals surface area contributed by atoms with Crippen LogP contribution in [0.15, 0.2) is 41.6 Å². The van der Waals surface area contributed by atoms with Crippen molar-refractivity contribution in [3.63, 3.8) is 0 Å². The molecular weight excluding hydrogens is 290 g/mol. The fraction of sp³-hybridized carbons (Fsp3) is 0.357.